The minimum absolute atomic E-state index is 0.0195. The molecule has 0 aromatic heterocycles. The zero-order chi connectivity index (χ0) is 13.0. The zero-order valence-corrected chi connectivity index (χ0v) is 10.9. The quantitative estimate of drug-likeness (QED) is 0.801. The van der Waals surface area contributed by atoms with Crippen LogP contribution in [-0.4, -0.2) is 18.7 Å². The number of Topliss-reactive ketones (excluding diaryl/α,β-unsaturated/α-hetero) is 1. The van der Waals surface area contributed by atoms with Crippen LogP contribution in [0.3, 0.4) is 0 Å². The van der Waals surface area contributed by atoms with Gasteiger partial charge in [-0.25, -0.2) is 0 Å². The summed E-state index contributed by atoms with van der Waals surface area (Å²) in [4.78, 5) is 24.4. The van der Waals surface area contributed by atoms with E-state index < -0.39 is 0 Å². The molecule has 0 bridgehead atoms. The molecule has 92 valence electrons. The molecule has 1 aromatic carbocycles. The molecule has 3 heteroatoms. The average Bonchev–Trinajstić information content (AvgIpc) is 2.28. The molecule has 0 radical (unpaired) electrons. The maximum absolute atomic E-state index is 11.9. The predicted octanol–water partition coefficient (Wildman–Crippen LogP) is 2.64. The van der Waals surface area contributed by atoms with Gasteiger partial charge >= 0.3 is 0 Å². The third kappa shape index (κ3) is 3.70. The molecule has 17 heavy (non-hydrogen) atoms. The van der Waals surface area contributed by atoms with Crippen LogP contribution in [0.2, 0.25) is 0 Å². The lowest BCUT2D eigenvalue weighted by Crippen LogP contribution is -2.27. The third-order valence-corrected chi connectivity index (χ3v) is 2.79. The lowest BCUT2D eigenvalue weighted by Gasteiger charge is -2.20. The normalized spacial score (nSPS) is 10.1. The predicted molar refractivity (Wildman–Crippen MR) is 69.2 cm³/mol. The van der Waals surface area contributed by atoms with Crippen molar-refractivity contribution in [1.29, 1.82) is 0 Å². The first kappa shape index (κ1) is 13.4. The van der Waals surface area contributed by atoms with Crippen molar-refractivity contribution in [1.82, 2.24) is 0 Å². The lowest BCUT2D eigenvalue weighted by molar-refractivity contribution is -0.122. The Morgan fingerprint density at radius 2 is 1.82 bits per heavy atom. The Balaban J connectivity index is 2.81. The van der Waals surface area contributed by atoms with Crippen LogP contribution in [0.25, 0.3) is 0 Å². The molecule has 0 saturated heterocycles. The molecule has 0 N–H and O–H groups in total. The SMILES string of the molecule is CC(=O)CCC(=O)N(C)c1cc(C)ccc1C. The van der Waals surface area contributed by atoms with Crippen molar-refractivity contribution in [2.45, 2.75) is 33.6 Å². The standard InChI is InChI=1S/C14H19NO2/c1-10-5-6-11(2)13(9-10)15(4)14(17)8-7-12(3)16/h5-6,9H,7-8H2,1-4H3. The molecule has 0 atom stereocenters. The Bertz CT molecular complexity index is 438. The van der Waals surface area contributed by atoms with E-state index in [1.807, 2.05) is 32.0 Å². The van der Waals surface area contributed by atoms with Gasteiger partial charge in [-0.2, -0.15) is 0 Å². The van der Waals surface area contributed by atoms with Gasteiger partial charge in [-0.15, -0.1) is 0 Å². The van der Waals surface area contributed by atoms with Gasteiger partial charge in [0.25, 0.3) is 0 Å². The van der Waals surface area contributed by atoms with E-state index in [2.05, 4.69) is 0 Å². The highest BCUT2D eigenvalue weighted by Crippen LogP contribution is 2.21. The van der Waals surface area contributed by atoms with Crippen molar-refractivity contribution in [3.8, 4) is 0 Å². The molecule has 0 heterocycles. The van der Waals surface area contributed by atoms with Crippen LogP contribution in [0.15, 0.2) is 18.2 Å². The first-order valence-electron chi connectivity index (χ1n) is 5.75. The second-order valence-electron chi connectivity index (χ2n) is 4.44. The summed E-state index contributed by atoms with van der Waals surface area (Å²) >= 11 is 0. The molecule has 0 unspecified atom stereocenters. The van der Waals surface area contributed by atoms with Crippen molar-refractivity contribution in [2.75, 3.05) is 11.9 Å². The van der Waals surface area contributed by atoms with Gasteiger partial charge in [0, 0.05) is 25.6 Å². The molecule has 0 aliphatic carbocycles. The van der Waals surface area contributed by atoms with Crippen molar-refractivity contribution in [3.05, 3.63) is 29.3 Å². The van der Waals surface area contributed by atoms with E-state index in [1.54, 1.807) is 11.9 Å². The summed E-state index contributed by atoms with van der Waals surface area (Å²) < 4.78 is 0. The molecular formula is C14H19NO2. The van der Waals surface area contributed by atoms with Crippen LogP contribution in [0.5, 0.6) is 0 Å². The second kappa shape index (κ2) is 5.62. The molecular weight excluding hydrogens is 214 g/mol. The second-order valence-corrected chi connectivity index (χ2v) is 4.44. The van der Waals surface area contributed by atoms with Crippen molar-refractivity contribution < 1.29 is 9.59 Å². The number of ketones is 1. The highest BCUT2D eigenvalue weighted by atomic mass is 16.2. The van der Waals surface area contributed by atoms with E-state index in [4.69, 9.17) is 0 Å². The number of benzene rings is 1. The number of carbonyl (C=O) groups excluding carboxylic acids is 2. The summed E-state index contributed by atoms with van der Waals surface area (Å²) in [5.41, 5.74) is 3.10. The lowest BCUT2D eigenvalue weighted by atomic mass is 10.1. The third-order valence-electron chi connectivity index (χ3n) is 2.79. The highest BCUT2D eigenvalue weighted by Gasteiger charge is 2.13. The summed E-state index contributed by atoms with van der Waals surface area (Å²) in [6.45, 7) is 5.48. The van der Waals surface area contributed by atoms with Crippen LogP contribution in [0.4, 0.5) is 5.69 Å². The first-order chi connectivity index (χ1) is 7.91. The molecule has 0 aliphatic rings. The number of aryl methyl sites for hydroxylation is 2. The number of rotatable bonds is 4. The summed E-state index contributed by atoms with van der Waals surface area (Å²) in [5, 5.41) is 0. The fraction of sp³-hybridized carbons (Fsp3) is 0.429. The monoisotopic (exact) mass is 233 g/mol. The smallest absolute Gasteiger partial charge is 0.227 e. The van der Waals surface area contributed by atoms with Gasteiger partial charge in [-0.1, -0.05) is 12.1 Å². The molecule has 0 fully saturated rings. The van der Waals surface area contributed by atoms with Crippen molar-refractivity contribution >= 4 is 17.4 Å². The number of nitrogens with zero attached hydrogens (tertiary/aromatic N) is 1. The Hall–Kier alpha value is -1.64. The topological polar surface area (TPSA) is 37.4 Å². The Labute approximate surface area is 102 Å². The van der Waals surface area contributed by atoms with Crippen LogP contribution in [0.1, 0.15) is 30.9 Å². The van der Waals surface area contributed by atoms with Crippen LogP contribution in [0, 0.1) is 13.8 Å². The van der Waals surface area contributed by atoms with Crippen LogP contribution in [-0.2, 0) is 9.59 Å². The fourth-order valence-electron chi connectivity index (χ4n) is 1.67. The fourth-order valence-corrected chi connectivity index (χ4v) is 1.67. The van der Waals surface area contributed by atoms with E-state index in [0.717, 1.165) is 16.8 Å². The zero-order valence-electron chi connectivity index (χ0n) is 10.9. The minimum atomic E-state index is -0.0195. The van der Waals surface area contributed by atoms with Gasteiger partial charge in [0.15, 0.2) is 0 Å². The molecule has 1 rings (SSSR count). The molecule has 3 nitrogen and oxygen atoms in total. The molecule has 0 spiro atoms. The Morgan fingerprint density at radius 3 is 2.41 bits per heavy atom. The number of anilines is 1. The summed E-state index contributed by atoms with van der Waals surface area (Å²) in [7, 11) is 1.75. The van der Waals surface area contributed by atoms with Gasteiger partial charge in [0.2, 0.25) is 5.91 Å². The maximum Gasteiger partial charge on any atom is 0.227 e. The Kier molecular flexibility index (Phi) is 4.44. The van der Waals surface area contributed by atoms with Gasteiger partial charge in [-0.3, -0.25) is 4.79 Å². The van der Waals surface area contributed by atoms with Crippen LogP contribution >= 0.6 is 0 Å². The van der Waals surface area contributed by atoms with E-state index in [0.29, 0.717) is 6.42 Å². The maximum atomic E-state index is 11.9. The van der Waals surface area contributed by atoms with Crippen molar-refractivity contribution in [3.63, 3.8) is 0 Å². The summed E-state index contributed by atoms with van der Waals surface area (Å²) in [6, 6.07) is 6.01. The van der Waals surface area contributed by atoms with Gasteiger partial charge < -0.3 is 9.69 Å². The van der Waals surface area contributed by atoms with E-state index >= 15 is 0 Å². The number of hydrogen-bond acceptors (Lipinski definition) is 2. The van der Waals surface area contributed by atoms with Gasteiger partial charge in [0.05, 0.1) is 0 Å². The largest absolute Gasteiger partial charge is 0.315 e. The van der Waals surface area contributed by atoms with E-state index in [-0.39, 0.29) is 18.1 Å². The van der Waals surface area contributed by atoms with E-state index in [1.165, 1.54) is 6.92 Å². The molecule has 0 aliphatic heterocycles. The van der Waals surface area contributed by atoms with Gasteiger partial charge in [0.1, 0.15) is 5.78 Å². The van der Waals surface area contributed by atoms with Crippen LogP contribution < -0.4 is 4.90 Å². The van der Waals surface area contributed by atoms with Gasteiger partial charge in [-0.05, 0) is 38.0 Å². The molecule has 0 saturated carbocycles. The first-order valence-corrected chi connectivity index (χ1v) is 5.75. The van der Waals surface area contributed by atoms with E-state index in [9.17, 15) is 9.59 Å². The number of hydrogen-bond donors (Lipinski definition) is 0. The highest BCUT2D eigenvalue weighted by molar-refractivity contribution is 5.95. The molecule has 1 aromatic rings. The summed E-state index contributed by atoms with van der Waals surface area (Å²) in [5.74, 6) is 0.0293. The molecule has 1 amide bonds. The van der Waals surface area contributed by atoms with Crippen molar-refractivity contribution in [2.24, 2.45) is 0 Å². The average molecular weight is 233 g/mol. The summed E-state index contributed by atoms with van der Waals surface area (Å²) in [6.07, 6.45) is 0.591. The number of amides is 1. The minimum Gasteiger partial charge on any atom is -0.315 e. The Morgan fingerprint density at radius 1 is 1.18 bits per heavy atom. The number of carbonyl (C=O) groups is 2.